The van der Waals surface area contributed by atoms with Crippen LogP contribution in [0.2, 0.25) is 0 Å². The lowest BCUT2D eigenvalue weighted by atomic mass is 9.85. The maximum Gasteiger partial charge on any atom is 0.246 e. The van der Waals surface area contributed by atoms with E-state index in [9.17, 15) is 24.6 Å². The van der Waals surface area contributed by atoms with Crippen LogP contribution in [0.1, 0.15) is 87.2 Å². The molecule has 3 fully saturated rings. The number of aromatic nitrogens is 6. The van der Waals surface area contributed by atoms with Crippen LogP contribution in [-0.4, -0.2) is 125 Å². The number of aromatic amines is 1. The van der Waals surface area contributed by atoms with Gasteiger partial charge in [0.05, 0.1) is 34.4 Å². The van der Waals surface area contributed by atoms with Crippen LogP contribution in [0.15, 0.2) is 78.7 Å². The van der Waals surface area contributed by atoms with Crippen molar-refractivity contribution in [1.29, 1.82) is 0 Å². The van der Waals surface area contributed by atoms with Crippen molar-refractivity contribution in [1.82, 2.24) is 50.6 Å². The summed E-state index contributed by atoms with van der Waals surface area (Å²) in [5, 5.41) is 36.9. The molecule has 3 saturated heterocycles. The molecule has 16 nitrogen and oxygen atoms in total. The number of amides is 3. The van der Waals surface area contributed by atoms with Gasteiger partial charge in [0.15, 0.2) is 5.65 Å². The summed E-state index contributed by atoms with van der Waals surface area (Å²) in [5.74, 6) is 0.690. The van der Waals surface area contributed by atoms with E-state index in [-0.39, 0.29) is 55.4 Å². The number of phenols is 1. The molecule has 0 aliphatic carbocycles. The zero-order valence-electron chi connectivity index (χ0n) is 38.5. The van der Waals surface area contributed by atoms with Crippen molar-refractivity contribution in [2.75, 3.05) is 44.2 Å². The van der Waals surface area contributed by atoms with E-state index in [2.05, 4.69) is 51.6 Å². The summed E-state index contributed by atoms with van der Waals surface area (Å²) in [5.41, 5.74) is 8.37. The van der Waals surface area contributed by atoms with Crippen molar-refractivity contribution in [3.8, 4) is 27.4 Å². The van der Waals surface area contributed by atoms with Crippen molar-refractivity contribution >= 4 is 45.9 Å². The second kappa shape index (κ2) is 19.5. The second-order valence-corrected chi connectivity index (χ2v) is 20.2. The van der Waals surface area contributed by atoms with Crippen LogP contribution in [0.3, 0.4) is 0 Å². The Morgan fingerprint density at radius 2 is 1.67 bits per heavy atom. The number of carbonyl (C=O) groups is 3. The highest BCUT2D eigenvalue weighted by Crippen LogP contribution is 2.37. The number of aliphatic hydroxyl groups is 1. The molecule has 0 saturated carbocycles. The van der Waals surface area contributed by atoms with Gasteiger partial charge in [0.25, 0.3) is 0 Å². The Hall–Kier alpha value is -6.30. The molecule has 3 aliphatic heterocycles. The molecular weight excluding hydrogens is 867 g/mol. The minimum atomic E-state index is -0.898. The number of piperidine rings is 2. The number of phenolic OH excluding ortho intramolecular Hbond substituents is 1. The Kier molecular flexibility index (Phi) is 13.3. The lowest BCUT2D eigenvalue weighted by Gasteiger charge is -2.36. The van der Waals surface area contributed by atoms with Gasteiger partial charge in [-0.3, -0.25) is 19.3 Å². The Labute approximate surface area is 394 Å². The Balaban J connectivity index is 0.759. The van der Waals surface area contributed by atoms with E-state index >= 15 is 0 Å². The summed E-state index contributed by atoms with van der Waals surface area (Å²) >= 11 is 1.58. The fourth-order valence-corrected chi connectivity index (χ4v) is 10.7. The van der Waals surface area contributed by atoms with Gasteiger partial charge < -0.3 is 35.6 Å². The summed E-state index contributed by atoms with van der Waals surface area (Å²) in [6.45, 7) is 11.2. The number of rotatable bonds is 12. The first-order chi connectivity index (χ1) is 32.3. The number of nitrogens with one attached hydrogen (secondary N) is 3. The number of aliphatic hydroxyl groups excluding tert-OH is 1. The molecule has 9 rings (SSSR count). The van der Waals surface area contributed by atoms with E-state index < -0.39 is 23.6 Å². The lowest BCUT2D eigenvalue weighted by Crippen LogP contribution is -2.58. The number of para-hydroxylation sites is 1. The SMILES string of the molecule is Cc1ncsc1-c1ccc(CNC(=O)[C@@H]2C[C@@H](O)CN2C(=O)[C@@H](NC(=O)CN2CCC(c3cc(N4CCC(c5c[nH]c6nnc(-c7ccccc7O)cc56)CC4)ncn3)CC2)C(C)(C)C)cc1. The number of hydrogen-bond donors (Lipinski definition) is 5. The normalized spacial score (nSPS) is 19.2. The predicted octanol–water partition coefficient (Wildman–Crippen LogP) is 5.92. The number of aromatic hydroxyl groups is 1. The molecule has 3 atom stereocenters. The first-order valence-corrected chi connectivity index (χ1v) is 24.1. The Morgan fingerprint density at radius 1 is 0.925 bits per heavy atom. The van der Waals surface area contributed by atoms with Gasteiger partial charge in [-0.1, -0.05) is 57.2 Å². The standard InChI is InChI=1S/C50H59N11O5S/c1-30-45(67-29-55-30)34-11-9-31(10-12-34)24-52-48(65)41-21-35(62)26-61(41)49(66)46(50(2,3)4)56-44(64)27-59-17-13-33(14-18-59)39-23-43(54-28-53-39)60-19-15-32(16-20-60)38-25-51-47-37(38)22-40(57-58-47)36-7-5-6-8-42(36)63/h5-12,22-23,25,28-29,32-33,35,41,46,62-63H,13-21,24,26-27H2,1-4H3,(H,51,58)(H,52,65)(H,56,64)/t35-,41+,46-/m1/s1. The fourth-order valence-electron chi connectivity index (χ4n) is 9.86. The number of β-amino-alcohol motifs (C(OH)–C–C–N with tert-alkyl or cyclic N) is 1. The molecule has 67 heavy (non-hydrogen) atoms. The van der Waals surface area contributed by atoms with E-state index in [1.165, 1.54) is 10.5 Å². The number of nitrogens with zero attached hydrogens (tertiary/aromatic N) is 8. The Bertz CT molecular complexity index is 2720. The molecule has 3 amide bonds. The van der Waals surface area contributed by atoms with Crippen molar-refractivity contribution in [2.24, 2.45) is 5.41 Å². The largest absolute Gasteiger partial charge is 0.507 e. The summed E-state index contributed by atoms with van der Waals surface area (Å²) in [7, 11) is 0. The van der Waals surface area contributed by atoms with Crippen molar-refractivity contribution in [2.45, 2.75) is 96.4 Å². The molecule has 0 spiro atoms. The number of likely N-dealkylation sites (tertiary alicyclic amines) is 2. The minimum Gasteiger partial charge on any atom is -0.507 e. The first kappa shape index (κ1) is 45.8. The highest BCUT2D eigenvalue weighted by atomic mass is 32.1. The van der Waals surface area contributed by atoms with Crippen LogP contribution in [0.5, 0.6) is 5.75 Å². The summed E-state index contributed by atoms with van der Waals surface area (Å²) in [6.07, 6.45) is 6.54. The van der Waals surface area contributed by atoms with Gasteiger partial charge >= 0.3 is 0 Å². The van der Waals surface area contributed by atoms with Gasteiger partial charge in [-0.05, 0) is 91.9 Å². The molecule has 5 N–H and O–H groups in total. The summed E-state index contributed by atoms with van der Waals surface area (Å²) in [6, 6.07) is 17.5. The van der Waals surface area contributed by atoms with E-state index in [0.29, 0.717) is 30.3 Å². The zero-order valence-corrected chi connectivity index (χ0v) is 39.3. The zero-order chi connectivity index (χ0) is 46.8. The molecule has 6 aromatic rings. The van der Waals surface area contributed by atoms with Gasteiger partial charge in [0.2, 0.25) is 17.7 Å². The number of carbonyl (C=O) groups excluding carboxylic acids is 3. The lowest BCUT2D eigenvalue weighted by molar-refractivity contribution is -0.144. The minimum absolute atomic E-state index is 0.0173. The first-order valence-electron chi connectivity index (χ1n) is 23.3. The highest BCUT2D eigenvalue weighted by molar-refractivity contribution is 7.13. The van der Waals surface area contributed by atoms with Crippen molar-refractivity contribution < 1.29 is 24.6 Å². The third-order valence-electron chi connectivity index (χ3n) is 13.7. The van der Waals surface area contributed by atoms with Crippen LogP contribution < -0.4 is 15.5 Å². The van der Waals surface area contributed by atoms with Crippen LogP contribution in [-0.2, 0) is 20.9 Å². The monoisotopic (exact) mass is 925 g/mol. The van der Waals surface area contributed by atoms with Crippen LogP contribution in [0, 0.1) is 12.3 Å². The second-order valence-electron chi connectivity index (χ2n) is 19.3. The van der Waals surface area contributed by atoms with E-state index in [4.69, 9.17) is 4.98 Å². The van der Waals surface area contributed by atoms with E-state index in [0.717, 1.165) is 83.0 Å². The number of fused-ring (bicyclic) bond motifs is 1. The molecule has 3 aliphatic rings. The molecule has 7 heterocycles. The van der Waals surface area contributed by atoms with Gasteiger partial charge in [-0.25, -0.2) is 15.0 Å². The van der Waals surface area contributed by atoms with Gasteiger partial charge in [0, 0.05) is 67.4 Å². The number of anilines is 1. The average Bonchev–Trinajstić information content (AvgIpc) is 4.08. The summed E-state index contributed by atoms with van der Waals surface area (Å²) in [4.78, 5) is 65.5. The number of H-pyrrole nitrogens is 1. The highest BCUT2D eigenvalue weighted by Gasteiger charge is 2.44. The number of thiazole rings is 1. The number of benzene rings is 2. The molecule has 0 radical (unpaired) electrons. The van der Waals surface area contributed by atoms with Gasteiger partial charge in [-0.2, -0.15) is 0 Å². The quantitative estimate of drug-likeness (QED) is 0.0970. The topological polar surface area (TPSA) is 206 Å². The summed E-state index contributed by atoms with van der Waals surface area (Å²) < 4.78 is 0. The third-order valence-corrected chi connectivity index (χ3v) is 14.6. The maximum absolute atomic E-state index is 14.2. The predicted molar refractivity (Wildman–Crippen MR) is 257 cm³/mol. The van der Waals surface area contributed by atoms with Crippen molar-refractivity contribution in [3.05, 3.63) is 101 Å². The van der Waals surface area contributed by atoms with E-state index in [1.807, 2.05) is 81.9 Å². The molecule has 4 aromatic heterocycles. The van der Waals surface area contributed by atoms with Crippen molar-refractivity contribution in [3.63, 3.8) is 0 Å². The molecule has 350 valence electrons. The van der Waals surface area contributed by atoms with Crippen LogP contribution in [0.25, 0.3) is 32.7 Å². The molecule has 0 unspecified atom stereocenters. The average molecular weight is 926 g/mol. The molecular formula is C50H59N11O5S. The molecule has 0 bridgehead atoms. The third kappa shape index (κ3) is 10.2. The van der Waals surface area contributed by atoms with Gasteiger partial charge in [0.1, 0.15) is 30.0 Å². The molecule has 17 heteroatoms. The number of hydrogen-bond acceptors (Lipinski definition) is 13. The smallest absolute Gasteiger partial charge is 0.246 e. The fraction of sp³-hybridized carbons (Fsp3) is 0.440. The molecule has 2 aromatic carbocycles. The number of aryl methyl sites for hydroxylation is 1. The van der Waals surface area contributed by atoms with E-state index in [1.54, 1.807) is 29.8 Å². The van der Waals surface area contributed by atoms with Gasteiger partial charge in [-0.15, -0.1) is 21.5 Å². The Morgan fingerprint density at radius 3 is 2.39 bits per heavy atom. The van der Waals surface area contributed by atoms with Crippen LogP contribution in [0.4, 0.5) is 5.82 Å². The maximum atomic E-state index is 14.2. The van der Waals surface area contributed by atoms with Crippen LogP contribution >= 0.6 is 11.3 Å².